The van der Waals surface area contributed by atoms with Crippen LogP contribution in [0, 0.1) is 0 Å². The van der Waals surface area contributed by atoms with E-state index in [9.17, 15) is 8.42 Å². The molecule has 146 valence electrons. The van der Waals surface area contributed by atoms with Gasteiger partial charge in [0.2, 0.25) is 10.0 Å². The number of benzene rings is 1. The molecule has 0 aromatic heterocycles. The Morgan fingerprint density at radius 1 is 1.27 bits per heavy atom. The van der Waals surface area contributed by atoms with Gasteiger partial charge in [0.15, 0.2) is 5.96 Å². The van der Waals surface area contributed by atoms with Gasteiger partial charge >= 0.3 is 0 Å². The molecule has 0 bridgehead atoms. The van der Waals surface area contributed by atoms with Gasteiger partial charge in [0.25, 0.3) is 0 Å². The van der Waals surface area contributed by atoms with Crippen molar-refractivity contribution >= 4 is 16.0 Å². The van der Waals surface area contributed by atoms with E-state index in [0.29, 0.717) is 6.54 Å². The van der Waals surface area contributed by atoms with Crippen LogP contribution in [0.1, 0.15) is 38.2 Å². The van der Waals surface area contributed by atoms with Gasteiger partial charge < -0.3 is 10.2 Å². The molecule has 1 aromatic rings. The third kappa shape index (κ3) is 8.49. The van der Waals surface area contributed by atoms with Gasteiger partial charge in [-0.15, -0.1) is 6.58 Å². The zero-order valence-electron chi connectivity index (χ0n) is 15.9. The molecule has 0 amide bonds. The minimum atomic E-state index is -3.64. The molecule has 3 N–H and O–H groups in total. The second kappa shape index (κ2) is 11.7. The fourth-order valence-electron chi connectivity index (χ4n) is 2.53. The summed E-state index contributed by atoms with van der Waals surface area (Å²) in [4.78, 5) is 6.96. The topological polar surface area (TPSA) is 87.8 Å². The minimum Gasteiger partial charge on any atom is -0.357 e. The van der Waals surface area contributed by atoms with Crippen LogP contribution >= 0.6 is 0 Å². The predicted molar refractivity (Wildman–Crippen MR) is 109 cm³/mol. The lowest BCUT2D eigenvalue weighted by Gasteiger charge is -2.22. The maximum Gasteiger partial charge on any atom is 0.238 e. The second-order valence-corrected chi connectivity index (χ2v) is 7.80. The molecule has 0 radical (unpaired) electrons. The Hall–Kier alpha value is -1.86. The van der Waals surface area contributed by atoms with Crippen LogP contribution in [0.3, 0.4) is 0 Å². The number of nitrogens with two attached hydrogens (primary N) is 1. The van der Waals surface area contributed by atoms with E-state index in [1.54, 1.807) is 12.1 Å². The van der Waals surface area contributed by atoms with Crippen molar-refractivity contribution < 1.29 is 8.42 Å². The Morgan fingerprint density at radius 3 is 2.54 bits per heavy atom. The Morgan fingerprint density at radius 2 is 1.96 bits per heavy atom. The zero-order valence-corrected chi connectivity index (χ0v) is 16.8. The van der Waals surface area contributed by atoms with Crippen molar-refractivity contribution in [2.45, 2.75) is 43.9 Å². The molecule has 0 fully saturated rings. The van der Waals surface area contributed by atoms with Gasteiger partial charge in [-0.1, -0.05) is 24.6 Å². The number of sulfonamides is 1. The maximum atomic E-state index is 11.3. The highest BCUT2D eigenvalue weighted by molar-refractivity contribution is 7.89. The average molecular weight is 381 g/mol. The Labute approximate surface area is 158 Å². The van der Waals surface area contributed by atoms with Crippen LogP contribution in [0.4, 0.5) is 0 Å². The van der Waals surface area contributed by atoms with Crippen LogP contribution in [-0.2, 0) is 16.4 Å². The van der Waals surface area contributed by atoms with Crippen LogP contribution in [0.15, 0.2) is 46.8 Å². The molecule has 0 aliphatic heterocycles. The number of nitrogens with zero attached hydrogens (tertiary/aromatic N) is 2. The maximum absolute atomic E-state index is 11.3. The van der Waals surface area contributed by atoms with Crippen molar-refractivity contribution in [3.63, 3.8) is 0 Å². The lowest BCUT2D eigenvalue weighted by molar-refractivity contribution is 0.455. The number of nitrogens with one attached hydrogen (secondary N) is 1. The van der Waals surface area contributed by atoms with Crippen LogP contribution < -0.4 is 10.5 Å². The first-order chi connectivity index (χ1) is 12.4. The molecular formula is C19H32N4O2S. The number of hydrogen-bond donors (Lipinski definition) is 2. The summed E-state index contributed by atoms with van der Waals surface area (Å²) in [6, 6.07) is 6.64. The summed E-state index contributed by atoms with van der Waals surface area (Å²) in [6.07, 6.45) is 7.27. The van der Waals surface area contributed by atoms with E-state index in [4.69, 9.17) is 5.14 Å². The first-order valence-electron chi connectivity index (χ1n) is 9.10. The van der Waals surface area contributed by atoms with Crippen molar-refractivity contribution in [1.29, 1.82) is 0 Å². The van der Waals surface area contributed by atoms with Crippen molar-refractivity contribution in [3.05, 3.63) is 42.5 Å². The van der Waals surface area contributed by atoms with Crippen LogP contribution in [0.2, 0.25) is 0 Å². The van der Waals surface area contributed by atoms with Crippen molar-refractivity contribution in [2.24, 2.45) is 10.1 Å². The highest BCUT2D eigenvalue weighted by Crippen LogP contribution is 2.09. The summed E-state index contributed by atoms with van der Waals surface area (Å²) >= 11 is 0. The van der Waals surface area contributed by atoms with Crippen LogP contribution in [0.5, 0.6) is 0 Å². The van der Waals surface area contributed by atoms with Gasteiger partial charge in [0.1, 0.15) is 0 Å². The average Bonchev–Trinajstić information content (AvgIpc) is 2.60. The zero-order chi connectivity index (χ0) is 19.4. The first kappa shape index (κ1) is 22.2. The van der Waals surface area contributed by atoms with E-state index in [1.807, 2.05) is 6.08 Å². The molecule has 0 heterocycles. The third-order valence-corrected chi connectivity index (χ3v) is 4.94. The Kier molecular flexibility index (Phi) is 9.98. The van der Waals surface area contributed by atoms with Crippen LogP contribution in [0.25, 0.3) is 0 Å². The summed E-state index contributed by atoms with van der Waals surface area (Å²) in [5.74, 6) is 0.900. The monoisotopic (exact) mass is 380 g/mol. The molecule has 0 unspecified atom stereocenters. The fourth-order valence-corrected chi connectivity index (χ4v) is 3.04. The van der Waals surface area contributed by atoms with E-state index in [1.165, 1.54) is 25.0 Å². The number of allylic oxidation sites excluding steroid dienone is 1. The van der Waals surface area contributed by atoms with Gasteiger partial charge in [0.05, 0.1) is 4.90 Å². The van der Waals surface area contributed by atoms with Gasteiger partial charge in [-0.25, -0.2) is 13.6 Å². The van der Waals surface area contributed by atoms with E-state index in [2.05, 4.69) is 35.8 Å². The molecular weight excluding hydrogens is 348 g/mol. The van der Waals surface area contributed by atoms with E-state index >= 15 is 0 Å². The molecule has 6 nitrogen and oxygen atoms in total. The molecule has 0 aliphatic carbocycles. The van der Waals surface area contributed by atoms with E-state index < -0.39 is 10.0 Å². The number of hydrogen-bond acceptors (Lipinski definition) is 3. The van der Waals surface area contributed by atoms with Crippen molar-refractivity contribution in [2.75, 3.05) is 26.7 Å². The standard InChI is InChI=1S/C19H32N4O2S/c1-4-6-7-8-9-16-23(3)19(21-5-2)22-15-14-17-10-12-18(13-11-17)26(20,24)25/h4,10-13H,1,5-9,14-16H2,2-3H3,(H,21,22)(H2,20,24,25). The highest BCUT2D eigenvalue weighted by Gasteiger charge is 2.07. The summed E-state index contributed by atoms with van der Waals surface area (Å²) in [5, 5.41) is 8.43. The molecule has 0 aliphatic rings. The largest absolute Gasteiger partial charge is 0.357 e. The summed E-state index contributed by atoms with van der Waals surface area (Å²) in [7, 11) is -1.59. The summed E-state index contributed by atoms with van der Waals surface area (Å²) < 4.78 is 22.6. The number of primary sulfonamides is 1. The first-order valence-corrected chi connectivity index (χ1v) is 10.6. The molecule has 1 rings (SSSR count). The summed E-state index contributed by atoms with van der Waals surface area (Å²) in [5.41, 5.74) is 1.03. The molecule has 0 atom stereocenters. The fraction of sp³-hybridized carbons (Fsp3) is 0.526. The van der Waals surface area contributed by atoms with E-state index in [0.717, 1.165) is 43.9 Å². The quantitative estimate of drug-likeness (QED) is 0.267. The molecule has 1 aromatic carbocycles. The Bertz CT molecular complexity index is 669. The highest BCUT2D eigenvalue weighted by atomic mass is 32.2. The lowest BCUT2D eigenvalue weighted by Crippen LogP contribution is -2.39. The van der Waals surface area contributed by atoms with Gasteiger partial charge in [-0.2, -0.15) is 0 Å². The van der Waals surface area contributed by atoms with Gasteiger partial charge in [0, 0.05) is 26.7 Å². The second-order valence-electron chi connectivity index (χ2n) is 6.23. The predicted octanol–water partition coefficient (Wildman–Crippen LogP) is 2.52. The molecule has 26 heavy (non-hydrogen) atoms. The van der Waals surface area contributed by atoms with Crippen molar-refractivity contribution in [1.82, 2.24) is 10.2 Å². The summed E-state index contributed by atoms with van der Waals surface area (Å²) in [6.45, 7) is 8.22. The van der Waals surface area contributed by atoms with Gasteiger partial charge in [-0.05, 0) is 50.3 Å². The number of guanidine groups is 1. The number of rotatable bonds is 11. The van der Waals surface area contributed by atoms with Gasteiger partial charge in [-0.3, -0.25) is 4.99 Å². The lowest BCUT2D eigenvalue weighted by atomic mass is 10.1. The molecule has 0 saturated carbocycles. The normalized spacial score (nSPS) is 12.0. The smallest absolute Gasteiger partial charge is 0.238 e. The molecule has 0 saturated heterocycles. The number of unbranched alkanes of at least 4 members (excludes halogenated alkanes) is 3. The van der Waals surface area contributed by atoms with Crippen LogP contribution in [-0.4, -0.2) is 46.0 Å². The molecule has 7 heteroatoms. The number of aliphatic imine (C=N–C) groups is 1. The SMILES string of the molecule is C=CCCCCCN(C)C(=NCCc1ccc(S(N)(=O)=O)cc1)NCC. The van der Waals surface area contributed by atoms with Crippen molar-refractivity contribution in [3.8, 4) is 0 Å². The third-order valence-electron chi connectivity index (χ3n) is 4.01. The minimum absolute atomic E-state index is 0.134. The van der Waals surface area contributed by atoms with E-state index in [-0.39, 0.29) is 4.90 Å². The Balaban J connectivity index is 2.53. The molecule has 0 spiro atoms.